The average molecular weight is 433 g/mol. The minimum Gasteiger partial charge on any atom is -0.497 e. The third-order valence-corrected chi connectivity index (χ3v) is 4.58. The number of carbonyl (C=O) groups is 1. The van der Waals surface area contributed by atoms with Gasteiger partial charge in [0.25, 0.3) is 0 Å². The van der Waals surface area contributed by atoms with E-state index in [2.05, 4.69) is 31.4 Å². The first-order chi connectivity index (χ1) is 12.6. The number of ether oxygens (including phenoxy) is 1. The highest BCUT2D eigenvalue weighted by atomic mass is 79.9. The fraction of sp³-hybridized carbons (Fsp3) is 0.167. The van der Waals surface area contributed by atoms with Crippen LogP contribution in [-0.4, -0.2) is 27.8 Å². The molecule has 0 unspecified atom stereocenters. The van der Waals surface area contributed by atoms with E-state index in [1.165, 1.54) is 0 Å². The zero-order chi connectivity index (χ0) is 18.5. The van der Waals surface area contributed by atoms with Gasteiger partial charge in [-0.1, -0.05) is 22.0 Å². The summed E-state index contributed by atoms with van der Waals surface area (Å²) in [6.07, 6.45) is 0.281. The molecule has 0 fully saturated rings. The Morgan fingerprint density at radius 2 is 2.08 bits per heavy atom. The van der Waals surface area contributed by atoms with E-state index in [0.717, 1.165) is 21.5 Å². The van der Waals surface area contributed by atoms with Crippen molar-refractivity contribution >= 4 is 39.7 Å². The largest absolute Gasteiger partial charge is 0.497 e. The molecule has 0 aliphatic carbocycles. The Balaban J connectivity index is 1.71. The van der Waals surface area contributed by atoms with Crippen LogP contribution in [0.4, 0.5) is 5.69 Å². The Hall–Kier alpha value is -2.45. The Morgan fingerprint density at radius 1 is 1.31 bits per heavy atom. The van der Waals surface area contributed by atoms with Crippen molar-refractivity contribution in [3.8, 4) is 17.1 Å². The molecule has 0 saturated heterocycles. The first-order valence-corrected chi connectivity index (χ1v) is 9.12. The molecule has 1 heterocycles. The minimum absolute atomic E-state index is 0.0909. The van der Waals surface area contributed by atoms with Crippen LogP contribution in [0.3, 0.4) is 0 Å². The predicted octanol–water partition coefficient (Wildman–Crippen LogP) is 4.41. The van der Waals surface area contributed by atoms with Crippen LogP contribution in [0.2, 0.25) is 0 Å². The molecule has 0 aliphatic heterocycles. The van der Waals surface area contributed by atoms with Crippen molar-refractivity contribution in [2.75, 3.05) is 12.4 Å². The molecule has 3 rings (SSSR count). The molecule has 1 amide bonds. The first-order valence-electron chi connectivity index (χ1n) is 7.92. The van der Waals surface area contributed by atoms with E-state index in [-0.39, 0.29) is 12.3 Å². The van der Waals surface area contributed by atoms with Gasteiger partial charge in [0.2, 0.25) is 5.91 Å². The van der Waals surface area contributed by atoms with Crippen molar-refractivity contribution in [2.45, 2.75) is 13.0 Å². The van der Waals surface area contributed by atoms with Crippen LogP contribution in [0.25, 0.3) is 11.4 Å². The van der Waals surface area contributed by atoms with E-state index in [9.17, 15) is 4.79 Å². The topological polar surface area (TPSA) is 71.9 Å². The third kappa shape index (κ3) is 4.39. The predicted molar refractivity (Wildman–Crippen MR) is 107 cm³/mol. The number of hydrogen-bond donors (Lipinski definition) is 2. The van der Waals surface area contributed by atoms with Crippen LogP contribution >= 0.6 is 28.1 Å². The Labute approximate surface area is 164 Å². The Kier molecular flexibility index (Phi) is 5.85. The molecule has 2 aromatic carbocycles. The van der Waals surface area contributed by atoms with Gasteiger partial charge in [-0.2, -0.15) is 5.10 Å². The van der Waals surface area contributed by atoms with Gasteiger partial charge in [-0.25, -0.2) is 0 Å². The van der Waals surface area contributed by atoms with Crippen LogP contribution in [0.5, 0.6) is 5.75 Å². The van der Waals surface area contributed by atoms with Crippen molar-refractivity contribution in [1.29, 1.82) is 0 Å². The highest BCUT2D eigenvalue weighted by Gasteiger charge is 2.11. The molecule has 3 aromatic rings. The lowest BCUT2D eigenvalue weighted by Crippen LogP contribution is -2.15. The SMILES string of the molecule is COc1ccc(-c2n[nH]c(=S)n2CCC(=O)Nc2cccc(Br)c2)cc1. The maximum Gasteiger partial charge on any atom is 0.226 e. The molecule has 0 bridgehead atoms. The summed E-state index contributed by atoms with van der Waals surface area (Å²) < 4.78 is 8.38. The zero-order valence-electron chi connectivity index (χ0n) is 14.0. The smallest absolute Gasteiger partial charge is 0.226 e. The summed E-state index contributed by atoms with van der Waals surface area (Å²) in [5.74, 6) is 1.36. The number of hydrogen-bond acceptors (Lipinski definition) is 4. The number of methoxy groups -OCH3 is 1. The van der Waals surface area contributed by atoms with E-state index in [4.69, 9.17) is 17.0 Å². The molecule has 0 atom stereocenters. The molecule has 1 aromatic heterocycles. The summed E-state index contributed by atoms with van der Waals surface area (Å²) in [4.78, 5) is 12.2. The van der Waals surface area contributed by atoms with Crippen molar-refractivity contribution in [2.24, 2.45) is 0 Å². The third-order valence-electron chi connectivity index (χ3n) is 3.78. The molecule has 0 saturated carbocycles. The highest BCUT2D eigenvalue weighted by Crippen LogP contribution is 2.21. The van der Waals surface area contributed by atoms with E-state index in [0.29, 0.717) is 17.1 Å². The van der Waals surface area contributed by atoms with E-state index >= 15 is 0 Å². The maximum atomic E-state index is 12.2. The number of halogens is 1. The summed E-state index contributed by atoms with van der Waals surface area (Å²) >= 11 is 8.69. The lowest BCUT2D eigenvalue weighted by atomic mass is 10.2. The fourth-order valence-electron chi connectivity index (χ4n) is 2.49. The van der Waals surface area contributed by atoms with Gasteiger partial charge in [-0.3, -0.25) is 14.5 Å². The molecule has 26 heavy (non-hydrogen) atoms. The van der Waals surface area contributed by atoms with Crippen LogP contribution in [0.1, 0.15) is 6.42 Å². The fourth-order valence-corrected chi connectivity index (χ4v) is 3.11. The molecule has 8 heteroatoms. The maximum absolute atomic E-state index is 12.2. The number of nitrogens with one attached hydrogen (secondary N) is 2. The number of carbonyl (C=O) groups excluding carboxylic acids is 1. The number of aromatic nitrogens is 3. The van der Waals surface area contributed by atoms with Gasteiger partial charge in [-0.15, -0.1) is 0 Å². The van der Waals surface area contributed by atoms with Crippen molar-refractivity contribution < 1.29 is 9.53 Å². The summed E-state index contributed by atoms with van der Waals surface area (Å²) in [7, 11) is 1.62. The second-order valence-corrected chi connectivity index (χ2v) is 6.84. The van der Waals surface area contributed by atoms with Gasteiger partial charge < -0.3 is 10.1 Å². The number of anilines is 1. The molecular weight excluding hydrogens is 416 g/mol. The summed E-state index contributed by atoms with van der Waals surface area (Å²) in [5, 5.41) is 9.95. The number of amides is 1. The van der Waals surface area contributed by atoms with Gasteiger partial charge in [0.05, 0.1) is 7.11 Å². The van der Waals surface area contributed by atoms with Crippen LogP contribution in [0.15, 0.2) is 53.0 Å². The van der Waals surface area contributed by atoms with Crippen molar-refractivity contribution in [3.05, 3.63) is 57.8 Å². The molecule has 0 spiro atoms. The molecule has 134 valence electrons. The number of rotatable bonds is 6. The van der Waals surface area contributed by atoms with Crippen molar-refractivity contribution in [1.82, 2.24) is 14.8 Å². The summed E-state index contributed by atoms with van der Waals surface area (Å²) in [6, 6.07) is 15.0. The monoisotopic (exact) mass is 432 g/mol. The number of H-pyrrole nitrogens is 1. The highest BCUT2D eigenvalue weighted by molar-refractivity contribution is 9.10. The second-order valence-electron chi connectivity index (χ2n) is 5.54. The van der Waals surface area contributed by atoms with Gasteiger partial charge in [0.1, 0.15) is 5.75 Å². The average Bonchev–Trinajstić information content (AvgIpc) is 3.00. The Morgan fingerprint density at radius 3 is 2.77 bits per heavy atom. The Bertz CT molecular complexity index is 966. The summed E-state index contributed by atoms with van der Waals surface area (Å²) in [6.45, 7) is 0.427. The minimum atomic E-state index is -0.0909. The molecule has 0 aliphatic rings. The van der Waals surface area contributed by atoms with Gasteiger partial charge in [0.15, 0.2) is 10.6 Å². The number of benzene rings is 2. The number of aromatic amines is 1. The normalized spacial score (nSPS) is 10.5. The lowest BCUT2D eigenvalue weighted by Gasteiger charge is -2.09. The lowest BCUT2D eigenvalue weighted by molar-refractivity contribution is -0.116. The quantitative estimate of drug-likeness (QED) is 0.565. The molecule has 0 radical (unpaired) electrons. The summed E-state index contributed by atoms with van der Waals surface area (Å²) in [5.41, 5.74) is 1.64. The van der Waals surface area contributed by atoms with Gasteiger partial charge in [-0.05, 0) is 54.7 Å². The van der Waals surface area contributed by atoms with Crippen molar-refractivity contribution in [3.63, 3.8) is 0 Å². The van der Waals surface area contributed by atoms with Crippen LogP contribution in [-0.2, 0) is 11.3 Å². The van der Waals surface area contributed by atoms with E-state index < -0.39 is 0 Å². The molecule has 6 nitrogen and oxygen atoms in total. The number of nitrogens with zero attached hydrogens (tertiary/aromatic N) is 2. The van der Waals surface area contributed by atoms with E-state index in [1.54, 1.807) is 7.11 Å². The van der Waals surface area contributed by atoms with Gasteiger partial charge in [0, 0.05) is 28.7 Å². The standard InChI is InChI=1S/C18H17BrN4O2S/c1-25-15-7-5-12(6-8-15)17-21-22-18(26)23(17)10-9-16(24)20-14-4-2-3-13(19)11-14/h2-8,11H,9-10H2,1H3,(H,20,24)(H,22,26). The zero-order valence-corrected chi connectivity index (χ0v) is 16.4. The van der Waals surface area contributed by atoms with Gasteiger partial charge >= 0.3 is 0 Å². The second kappa shape index (κ2) is 8.29. The first kappa shape index (κ1) is 18.3. The molecular formula is C18H17BrN4O2S. The van der Waals surface area contributed by atoms with Crippen LogP contribution in [0, 0.1) is 4.77 Å². The van der Waals surface area contributed by atoms with Crippen LogP contribution < -0.4 is 10.1 Å². The molecule has 2 N–H and O–H groups in total. The van der Waals surface area contributed by atoms with E-state index in [1.807, 2.05) is 53.1 Å².